The number of amides is 1. The van der Waals surface area contributed by atoms with Crippen LogP contribution < -0.4 is 9.80 Å². The number of ether oxygens (including phenoxy) is 2. The number of piperazine rings is 1. The highest BCUT2D eigenvalue weighted by molar-refractivity contribution is 5.69. The second-order valence-corrected chi connectivity index (χ2v) is 14.3. The monoisotopic (exact) mass is 640 g/mol. The predicted molar refractivity (Wildman–Crippen MR) is 169 cm³/mol. The summed E-state index contributed by atoms with van der Waals surface area (Å²) in [4.78, 5) is 25.4. The number of carbonyl (C=O) groups excluding carboxylic acids is 1. The number of piperidine rings is 1. The number of aromatic nitrogens is 3. The summed E-state index contributed by atoms with van der Waals surface area (Å²) in [6.07, 6.45) is 0.433. The van der Waals surface area contributed by atoms with Crippen LogP contribution in [-0.2, 0) is 9.47 Å². The number of hydrogen-bond donors (Lipinski definition) is 0. The van der Waals surface area contributed by atoms with Crippen molar-refractivity contribution in [1.82, 2.24) is 24.6 Å². The minimum atomic E-state index is -2.86. The Morgan fingerprint density at radius 3 is 2.41 bits per heavy atom. The Morgan fingerprint density at radius 1 is 1.13 bits per heavy atom. The fraction of sp³-hybridized carbons (Fsp3) is 0.697. The lowest BCUT2D eigenvalue weighted by Gasteiger charge is -2.54. The molecule has 0 radical (unpaired) electrons. The summed E-state index contributed by atoms with van der Waals surface area (Å²) in [6, 6.07) is 4.37. The molecule has 0 spiro atoms. The molecule has 4 aliphatic rings. The van der Waals surface area contributed by atoms with Crippen molar-refractivity contribution in [3.8, 4) is 6.07 Å². The molecular weight excluding hydrogens is 594 g/mol. The second kappa shape index (κ2) is 12.6. The van der Waals surface area contributed by atoms with E-state index in [1.807, 2.05) is 40.0 Å². The van der Waals surface area contributed by atoms with Gasteiger partial charge in [-0.1, -0.05) is 0 Å². The highest BCUT2D eigenvalue weighted by Gasteiger charge is 2.44. The molecule has 11 nitrogen and oxygen atoms in total. The Kier molecular flexibility index (Phi) is 8.89. The van der Waals surface area contributed by atoms with Gasteiger partial charge in [-0.05, 0) is 59.9 Å². The van der Waals surface area contributed by atoms with Gasteiger partial charge >= 0.3 is 6.09 Å². The average Bonchev–Trinajstić information content (AvgIpc) is 3.34. The lowest BCUT2D eigenvalue weighted by atomic mass is 9.90. The number of anilines is 2. The third-order valence-corrected chi connectivity index (χ3v) is 10.0. The number of nitrogens with zero attached hydrogens (tertiary/aromatic N) is 8. The van der Waals surface area contributed by atoms with E-state index < -0.39 is 17.7 Å². The zero-order valence-electron chi connectivity index (χ0n) is 27.7. The summed E-state index contributed by atoms with van der Waals surface area (Å²) in [5.41, 5.74) is 1.89. The molecule has 1 unspecified atom stereocenters. The normalized spacial score (nSPS) is 25.0. The first-order chi connectivity index (χ1) is 21.9. The maximum atomic E-state index is 14.4. The third kappa shape index (κ3) is 6.13. The third-order valence-electron chi connectivity index (χ3n) is 10.0. The van der Waals surface area contributed by atoms with Crippen molar-refractivity contribution in [3.05, 3.63) is 34.8 Å². The quantitative estimate of drug-likeness (QED) is 0.438. The minimum Gasteiger partial charge on any atom is -0.444 e. The molecule has 6 heterocycles. The zero-order valence-corrected chi connectivity index (χ0v) is 27.7. The van der Waals surface area contributed by atoms with Crippen LogP contribution in [0.15, 0.2) is 12.3 Å². The Balaban J connectivity index is 1.15. The molecule has 46 heavy (non-hydrogen) atoms. The molecule has 2 aromatic heterocycles. The Morgan fingerprint density at radius 2 is 1.85 bits per heavy atom. The fourth-order valence-electron chi connectivity index (χ4n) is 7.41. The van der Waals surface area contributed by atoms with E-state index in [1.165, 1.54) is 5.69 Å². The number of rotatable bonds is 6. The average molecular weight is 641 g/mol. The second-order valence-electron chi connectivity index (χ2n) is 14.3. The van der Waals surface area contributed by atoms with E-state index in [2.05, 4.69) is 49.4 Å². The van der Waals surface area contributed by atoms with Gasteiger partial charge in [-0.3, -0.25) is 9.58 Å². The summed E-state index contributed by atoms with van der Waals surface area (Å²) in [7, 11) is 0. The number of halogens is 2. The van der Waals surface area contributed by atoms with Crippen LogP contribution in [0.2, 0.25) is 0 Å². The van der Waals surface area contributed by atoms with Crippen LogP contribution in [0.1, 0.15) is 88.4 Å². The Hall–Kier alpha value is -3.50. The SMILES string of the molecule is Cc1cnn(C2COC2)c1C1CCN(c2cc(N3CC(N4CCN(C(=O)OC(C)(C)C)[C@H](C)C4)[C@H]3C)nc(C(F)F)c2C#N)CC1. The van der Waals surface area contributed by atoms with Gasteiger partial charge in [0.1, 0.15) is 28.7 Å². The smallest absolute Gasteiger partial charge is 0.410 e. The van der Waals surface area contributed by atoms with Gasteiger partial charge in [-0.25, -0.2) is 18.6 Å². The van der Waals surface area contributed by atoms with Crippen LogP contribution >= 0.6 is 0 Å². The van der Waals surface area contributed by atoms with Gasteiger partial charge in [0.15, 0.2) is 0 Å². The topological polar surface area (TPSA) is 103 Å². The lowest BCUT2D eigenvalue weighted by molar-refractivity contribution is -0.0304. The maximum Gasteiger partial charge on any atom is 0.410 e. The Labute approximate surface area is 270 Å². The number of carbonyl (C=O) groups is 1. The molecule has 4 fully saturated rings. The molecule has 0 aromatic carbocycles. The van der Waals surface area contributed by atoms with Gasteiger partial charge in [0, 0.05) is 75.1 Å². The van der Waals surface area contributed by atoms with Crippen molar-refractivity contribution in [2.45, 2.75) is 96.5 Å². The first-order valence-electron chi connectivity index (χ1n) is 16.5. The maximum absolute atomic E-state index is 14.4. The first-order valence-corrected chi connectivity index (χ1v) is 16.5. The molecule has 0 N–H and O–H groups in total. The van der Waals surface area contributed by atoms with E-state index >= 15 is 0 Å². The van der Waals surface area contributed by atoms with E-state index in [-0.39, 0.29) is 35.8 Å². The van der Waals surface area contributed by atoms with Gasteiger partial charge in [0.25, 0.3) is 6.43 Å². The summed E-state index contributed by atoms with van der Waals surface area (Å²) >= 11 is 0. The van der Waals surface area contributed by atoms with Crippen LogP contribution in [0.25, 0.3) is 0 Å². The fourth-order valence-corrected chi connectivity index (χ4v) is 7.41. The van der Waals surface area contributed by atoms with Crippen LogP contribution in [0, 0.1) is 18.3 Å². The van der Waals surface area contributed by atoms with Gasteiger partial charge < -0.3 is 24.2 Å². The summed E-state index contributed by atoms with van der Waals surface area (Å²) < 4.78 is 41.9. The van der Waals surface area contributed by atoms with E-state index in [0.29, 0.717) is 69.9 Å². The highest BCUT2D eigenvalue weighted by Crippen LogP contribution is 2.40. The summed E-state index contributed by atoms with van der Waals surface area (Å²) in [5, 5.41) is 14.7. The summed E-state index contributed by atoms with van der Waals surface area (Å²) in [5.74, 6) is 0.782. The van der Waals surface area contributed by atoms with Gasteiger partial charge in [0.05, 0.1) is 31.1 Å². The van der Waals surface area contributed by atoms with Crippen molar-refractivity contribution >= 4 is 17.6 Å². The van der Waals surface area contributed by atoms with Gasteiger partial charge in [-0.2, -0.15) is 10.4 Å². The van der Waals surface area contributed by atoms with Crippen LogP contribution in [0.3, 0.4) is 0 Å². The molecule has 0 aliphatic carbocycles. The largest absolute Gasteiger partial charge is 0.444 e. The van der Waals surface area contributed by atoms with E-state index in [0.717, 1.165) is 18.4 Å². The van der Waals surface area contributed by atoms with Crippen molar-refractivity contribution < 1.29 is 23.0 Å². The highest BCUT2D eigenvalue weighted by atomic mass is 19.3. The zero-order chi connectivity index (χ0) is 32.9. The molecule has 4 saturated heterocycles. The van der Waals surface area contributed by atoms with E-state index in [1.54, 1.807) is 4.90 Å². The lowest BCUT2D eigenvalue weighted by Crippen LogP contribution is -2.69. The Bertz CT molecular complexity index is 1470. The number of nitriles is 1. The molecule has 4 aliphatic heterocycles. The molecular formula is C33H46F2N8O3. The van der Waals surface area contributed by atoms with Crippen LogP contribution in [0.5, 0.6) is 0 Å². The number of hydrogen-bond acceptors (Lipinski definition) is 9. The molecule has 2 aromatic rings. The van der Waals surface area contributed by atoms with E-state index in [9.17, 15) is 18.8 Å². The van der Waals surface area contributed by atoms with Crippen molar-refractivity contribution in [1.29, 1.82) is 5.26 Å². The van der Waals surface area contributed by atoms with Crippen molar-refractivity contribution in [2.24, 2.45) is 0 Å². The van der Waals surface area contributed by atoms with Crippen molar-refractivity contribution in [3.63, 3.8) is 0 Å². The van der Waals surface area contributed by atoms with Crippen molar-refractivity contribution in [2.75, 3.05) is 62.3 Å². The predicted octanol–water partition coefficient (Wildman–Crippen LogP) is 4.87. The number of pyridine rings is 1. The standard InChI is InChI=1S/C33H46F2N8O3/c1-20-15-37-43(24-18-45-19-24)30(20)23-7-9-39(10-8-23)26-13-28(38-29(31(34)35)25(26)14-36)42-17-27(22(42)3)40-11-12-41(21(2)16-40)32(44)46-33(4,5)6/h13,15,21-24,27,31H,7-12,16-19H2,1-6H3/t21-,22-,27?/m1/s1. The molecule has 0 bridgehead atoms. The molecule has 6 rings (SSSR count). The van der Waals surface area contributed by atoms with Gasteiger partial charge in [-0.15, -0.1) is 0 Å². The number of alkyl halides is 2. The van der Waals surface area contributed by atoms with Crippen LogP contribution in [0.4, 0.5) is 25.1 Å². The molecule has 3 atom stereocenters. The summed E-state index contributed by atoms with van der Waals surface area (Å²) in [6.45, 7) is 17.1. The van der Waals surface area contributed by atoms with E-state index in [4.69, 9.17) is 9.47 Å². The first kappa shape index (κ1) is 32.4. The molecule has 1 amide bonds. The molecule has 250 valence electrons. The molecule has 0 saturated carbocycles. The number of aryl methyl sites for hydroxylation is 1. The molecule has 13 heteroatoms. The van der Waals surface area contributed by atoms with Crippen LogP contribution in [-0.4, -0.2) is 107 Å². The minimum absolute atomic E-state index is 0.0117. The van der Waals surface area contributed by atoms with Gasteiger partial charge in [0.2, 0.25) is 0 Å².